The van der Waals surface area contributed by atoms with Crippen LogP contribution in [0, 0.1) is 6.08 Å². The second kappa shape index (κ2) is 5.77. The van der Waals surface area contributed by atoms with Crippen LogP contribution in [-0.2, 0) is 0 Å². The maximum atomic E-state index is 11.7. The van der Waals surface area contributed by atoms with Gasteiger partial charge in [0, 0.05) is 24.8 Å². The van der Waals surface area contributed by atoms with Gasteiger partial charge in [0.1, 0.15) is 0 Å². The molecule has 13 heavy (non-hydrogen) atoms. The van der Waals surface area contributed by atoms with Gasteiger partial charge < -0.3 is 0 Å². The monoisotopic (exact) mass is 177 g/mol. The van der Waals surface area contributed by atoms with Gasteiger partial charge in [0.05, 0.1) is 0 Å². The first kappa shape index (κ1) is 9.25. The van der Waals surface area contributed by atoms with Gasteiger partial charge in [0.2, 0.25) is 0 Å². The zero-order valence-electron chi connectivity index (χ0n) is 6.84. The van der Waals surface area contributed by atoms with Gasteiger partial charge in [0.15, 0.2) is 0 Å². The van der Waals surface area contributed by atoms with Crippen LogP contribution in [0.25, 0.3) is 0 Å². The molecule has 2 aromatic rings. The Balaban J connectivity index is 0.000000132. The van der Waals surface area contributed by atoms with Crippen LogP contribution < -0.4 is 0 Å². The van der Waals surface area contributed by atoms with E-state index in [1.165, 1.54) is 12.4 Å². The minimum Gasteiger partial charge on any atom is -0.265 e. The molecule has 0 fully saturated rings. The first-order chi connectivity index (χ1) is 6.39. The van der Waals surface area contributed by atoms with Crippen molar-refractivity contribution in [3.63, 3.8) is 0 Å². The van der Waals surface area contributed by atoms with E-state index in [1.807, 2.05) is 18.2 Å². The van der Waals surface area contributed by atoms with E-state index in [0.29, 0.717) is 0 Å². The van der Waals surface area contributed by atoms with Crippen LogP contribution >= 0.6 is 0 Å². The Morgan fingerprint density at radius 1 is 0.769 bits per heavy atom. The van der Waals surface area contributed by atoms with Gasteiger partial charge in [0.25, 0.3) is 0 Å². The van der Waals surface area contributed by atoms with Crippen LogP contribution in [0.5, 0.6) is 0 Å². The summed E-state index contributed by atoms with van der Waals surface area (Å²) in [6.07, 6.45) is 5.52. The van der Waals surface area contributed by atoms with E-state index < -0.39 is 6.08 Å². The molecule has 0 atom stereocenters. The van der Waals surface area contributed by atoms with Crippen LogP contribution in [0.4, 0.5) is 4.39 Å². The van der Waals surface area contributed by atoms with E-state index in [2.05, 4.69) is 15.0 Å². The molecule has 0 aliphatic carbocycles. The smallest absolute Gasteiger partial charge is 0.265 e. The predicted molar refractivity (Wildman–Crippen MR) is 46.2 cm³/mol. The second-order valence-corrected chi connectivity index (χ2v) is 2.04. The summed E-state index contributed by atoms with van der Waals surface area (Å²) < 4.78 is 11.7. The summed E-state index contributed by atoms with van der Waals surface area (Å²) in [6.45, 7) is 0. The van der Waals surface area contributed by atoms with Crippen LogP contribution in [-0.4, -0.2) is 15.0 Å². The van der Waals surface area contributed by atoms with Crippen LogP contribution in [0.1, 0.15) is 0 Å². The number of aromatic nitrogens is 3. The van der Waals surface area contributed by atoms with E-state index in [9.17, 15) is 4.39 Å². The van der Waals surface area contributed by atoms with Gasteiger partial charge in [-0.1, -0.05) is 6.07 Å². The summed E-state index contributed by atoms with van der Waals surface area (Å²) in [5.74, 6) is 0. The largest absolute Gasteiger partial charge is 0.308 e. The standard InChI is InChI=1S/C5H5N.C4H3FN2/c1-2-4-6-5-3-1;5-4-6-2-1-3-7-4/h1-5H;1-3H. The van der Waals surface area contributed by atoms with E-state index in [4.69, 9.17) is 0 Å². The molecule has 0 saturated heterocycles. The topological polar surface area (TPSA) is 38.7 Å². The summed E-state index contributed by atoms with van der Waals surface area (Å²) in [6, 6.07) is 7.27. The van der Waals surface area contributed by atoms with E-state index >= 15 is 0 Å². The number of hydrogen-bond donors (Lipinski definition) is 0. The Morgan fingerprint density at radius 3 is 1.62 bits per heavy atom. The summed E-state index contributed by atoms with van der Waals surface area (Å²) in [7, 11) is 0. The quantitative estimate of drug-likeness (QED) is 0.575. The highest BCUT2D eigenvalue weighted by Crippen LogP contribution is 1.79. The average Bonchev–Trinajstić information content (AvgIpc) is 2.22. The first-order valence-corrected chi connectivity index (χ1v) is 3.67. The molecule has 3 nitrogen and oxygen atoms in total. The van der Waals surface area contributed by atoms with Gasteiger partial charge >= 0.3 is 6.08 Å². The molecule has 2 heterocycles. The molecule has 2 rings (SSSR count). The van der Waals surface area contributed by atoms with Crippen molar-refractivity contribution in [1.82, 2.24) is 15.0 Å². The Kier molecular flexibility index (Phi) is 4.10. The molecule has 0 spiro atoms. The SMILES string of the molecule is Fc1ncccn1.c1ccncc1. The Hall–Kier alpha value is -1.84. The van der Waals surface area contributed by atoms with Crippen LogP contribution in [0.3, 0.4) is 0 Å². The van der Waals surface area contributed by atoms with E-state index in [-0.39, 0.29) is 0 Å². The maximum absolute atomic E-state index is 11.7. The number of halogens is 1. The molecule has 0 aliphatic rings. The lowest BCUT2D eigenvalue weighted by molar-refractivity contribution is 0.538. The molecule has 0 N–H and O–H groups in total. The third-order valence-corrected chi connectivity index (χ3v) is 1.10. The molecule has 0 amide bonds. The number of nitrogens with zero attached hydrogens (tertiary/aromatic N) is 3. The first-order valence-electron chi connectivity index (χ1n) is 3.67. The van der Waals surface area contributed by atoms with Gasteiger partial charge in [-0.05, 0) is 18.2 Å². The molecule has 0 unspecified atom stereocenters. The summed E-state index contributed by atoms with van der Waals surface area (Å²) in [5.41, 5.74) is 0. The van der Waals surface area contributed by atoms with Gasteiger partial charge in [-0.25, -0.2) is 9.97 Å². The fraction of sp³-hybridized carbons (Fsp3) is 0. The van der Waals surface area contributed by atoms with E-state index in [0.717, 1.165) is 0 Å². The predicted octanol–water partition coefficient (Wildman–Crippen LogP) is 1.70. The summed E-state index contributed by atoms with van der Waals surface area (Å²) in [4.78, 5) is 10.2. The van der Waals surface area contributed by atoms with Crippen molar-refractivity contribution < 1.29 is 4.39 Å². The zero-order chi connectivity index (χ0) is 9.36. The molecular weight excluding hydrogens is 169 g/mol. The van der Waals surface area contributed by atoms with Crippen LogP contribution in [0.2, 0.25) is 0 Å². The molecule has 0 aliphatic heterocycles. The average molecular weight is 177 g/mol. The zero-order valence-corrected chi connectivity index (χ0v) is 6.84. The third kappa shape index (κ3) is 4.58. The summed E-state index contributed by atoms with van der Waals surface area (Å²) in [5, 5.41) is 0. The molecule has 0 radical (unpaired) electrons. The molecule has 66 valence electrons. The third-order valence-electron chi connectivity index (χ3n) is 1.10. The normalized spacial score (nSPS) is 8.38. The van der Waals surface area contributed by atoms with Crippen molar-refractivity contribution in [3.05, 3.63) is 55.1 Å². The van der Waals surface area contributed by atoms with Crippen molar-refractivity contribution in [2.45, 2.75) is 0 Å². The van der Waals surface area contributed by atoms with Crippen molar-refractivity contribution in [1.29, 1.82) is 0 Å². The van der Waals surface area contributed by atoms with Gasteiger partial charge in [-0.2, -0.15) is 4.39 Å². The van der Waals surface area contributed by atoms with Crippen molar-refractivity contribution >= 4 is 0 Å². The molecular formula is C9H8FN3. The fourth-order valence-corrected chi connectivity index (χ4v) is 0.594. The van der Waals surface area contributed by atoms with Gasteiger partial charge in [-0.15, -0.1) is 0 Å². The van der Waals surface area contributed by atoms with E-state index in [1.54, 1.807) is 18.5 Å². The summed E-state index contributed by atoms with van der Waals surface area (Å²) >= 11 is 0. The molecule has 0 bridgehead atoms. The molecule has 4 heteroatoms. The lowest BCUT2D eigenvalue weighted by Crippen LogP contribution is -1.81. The Bertz CT molecular complexity index is 285. The number of hydrogen-bond acceptors (Lipinski definition) is 3. The van der Waals surface area contributed by atoms with Crippen molar-refractivity contribution in [2.24, 2.45) is 0 Å². The highest BCUT2D eigenvalue weighted by atomic mass is 19.1. The lowest BCUT2D eigenvalue weighted by atomic mass is 10.5. The molecule has 0 aromatic carbocycles. The highest BCUT2D eigenvalue weighted by Gasteiger charge is 1.80. The maximum Gasteiger partial charge on any atom is 0.308 e. The number of pyridine rings is 1. The Labute approximate surface area is 75.3 Å². The van der Waals surface area contributed by atoms with Crippen molar-refractivity contribution in [2.75, 3.05) is 0 Å². The fourth-order valence-electron chi connectivity index (χ4n) is 0.594. The second-order valence-electron chi connectivity index (χ2n) is 2.04. The number of rotatable bonds is 0. The van der Waals surface area contributed by atoms with Crippen LogP contribution in [0.15, 0.2) is 49.1 Å². The van der Waals surface area contributed by atoms with Gasteiger partial charge in [-0.3, -0.25) is 4.98 Å². The Morgan fingerprint density at radius 2 is 1.38 bits per heavy atom. The minimum atomic E-state index is -0.678. The van der Waals surface area contributed by atoms with Crippen molar-refractivity contribution in [3.8, 4) is 0 Å². The molecule has 0 saturated carbocycles. The minimum absolute atomic E-state index is 0.678. The highest BCUT2D eigenvalue weighted by molar-refractivity contribution is 4.88. The lowest BCUT2D eigenvalue weighted by Gasteiger charge is -1.77. The molecule has 2 aromatic heterocycles.